The second kappa shape index (κ2) is 9.70. The first-order chi connectivity index (χ1) is 12.5. The van der Waals surface area contributed by atoms with E-state index in [0.717, 1.165) is 22.8 Å². The Morgan fingerprint density at radius 3 is 2.38 bits per heavy atom. The van der Waals surface area contributed by atoms with Gasteiger partial charge in [-0.3, -0.25) is 4.79 Å². The number of carbonyl (C=O) groups excluding carboxylic acids is 1. The number of methoxy groups -OCH3 is 2. The molecule has 0 radical (unpaired) electrons. The van der Waals surface area contributed by atoms with Gasteiger partial charge in [-0.2, -0.15) is 0 Å². The fourth-order valence-corrected chi connectivity index (χ4v) is 2.63. The number of carbonyl (C=O) groups is 1. The van der Waals surface area contributed by atoms with Gasteiger partial charge in [-0.15, -0.1) is 0 Å². The van der Waals surface area contributed by atoms with Gasteiger partial charge >= 0.3 is 0 Å². The highest BCUT2D eigenvalue weighted by Crippen LogP contribution is 2.29. The highest BCUT2D eigenvalue weighted by molar-refractivity contribution is 5.76. The van der Waals surface area contributed by atoms with Crippen LogP contribution in [-0.2, 0) is 4.79 Å². The van der Waals surface area contributed by atoms with Crippen molar-refractivity contribution >= 4 is 5.91 Å². The van der Waals surface area contributed by atoms with Crippen molar-refractivity contribution < 1.29 is 19.0 Å². The van der Waals surface area contributed by atoms with E-state index in [-0.39, 0.29) is 11.9 Å². The van der Waals surface area contributed by atoms with Crippen LogP contribution in [0.2, 0.25) is 0 Å². The first kappa shape index (κ1) is 19.6. The summed E-state index contributed by atoms with van der Waals surface area (Å²) in [6, 6.07) is 13.3. The minimum absolute atomic E-state index is 0.0186. The van der Waals surface area contributed by atoms with Gasteiger partial charge in [-0.05, 0) is 50.6 Å². The zero-order valence-electron chi connectivity index (χ0n) is 15.9. The molecule has 5 heteroatoms. The molecule has 2 aromatic rings. The highest BCUT2D eigenvalue weighted by atomic mass is 16.5. The lowest BCUT2D eigenvalue weighted by atomic mass is 10.1. The molecule has 1 atom stereocenters. The molecule has 0 fully saturated rings. The lowest BCUT2D eigenvalue weighted by Gasteiger charge is -2.18. The predicted molar refractivity (Wildman–Crippen MR) is 102 cm³/mol. The number of rotatable bonds is 9. The van der Waals surface area contributed by atoms with Crippen LogP contribution >= 0.6 is 0 Å². The monoisotopic (exact) mass is 357 g/mol. The zero-order valence-corrected chi connectivity index (χ0v) is 15.9. The molecular formula is C21H27NO4. The van der Waals surface area contributed by atoms with Crippen molar-refractivity contribution in [3.05, 3.63) is 53.6 Å². The molecule has 0 aliphatic carbocycles. The van der Waals surface area contributed by atoms with E-state index in [1.54, 1.807) is 14.2 Å². The molecule has 0 aromatic heterocycles. The third kappa shape index (κ3) is 5.69. The van der Waals surface area contributed by atoms with Gasteiger partial charge in [0.25, 0.3) is 0 Å². The first-order valence-corrected chi connectivity index (χ1v) is 8.74. The molecule has 5 nitrogen and oxygen atoms in total. The van der Waals surface area contributed by atoms with E-state index in [4.69, 9.17) is 14.2 Å². The lowest BCUT2D eigenvalue weighted by molar-refractivity contribution is -0.121. The number of nitrogens with one attached hydrogen (secondary N) is 1. The topological polar surface area (TPSA) is 56.8 Å². The molecule has 0 saturated heterocycles. The van der Waals surface area contributed by atoms with Gasteiger partial charge in [0, 0.05) is 12.0 Å². The lowest BCUT2D eigenvalue weighted by Crippen LogP contribution is -2.27. The van der Waals surface area contributed by atoms with Crippen molar-refractivity contribution in [2.75, 3.05) is 20.8 Å². The summed E-state index contributed by atoms with van der Waals surface area (Å²) in [6.45, 7) is 4.47. The second-order valence-electron chi connectivity index (χ2n) is 6.16. The van der Waals surface area contributed by atoms with Gasteiger partial charge < -0.3 is 19.5 Å². The third-order valence-corrected chi connectivity index (χ3v) is 4.12. The van der Waals surface area contributed by atoms with E-state index in [0.29, 0.717) is 19.4 Å². The Morgan fingerprint density at radius 2 is 1.73 bits per heavy atom. The first-order valence-electron chi connectivity index (χ1n) is 8.74. The van der Waals surface area contributed by atoms with E-state index < -0.39 is 0 Å². The summed E-state index contributed by atoms with van der Waals surface area (Å²) in [5, 5.41) is 3.00. The summed E-state index contributed by atoms with van der Waals surface area (Å²) in [6.07, 6.45) is 1.06. The molecule has 0 aliphatic rings. The van der Waals surface area contributed by atoms with Gasteiger partial charge in [0.2, 0.25) is 5.91 Å². The smallest absolute Gasteiger partial charge is 0.220 e. The number of amides is 1. The minimum Gasteiger partial charge on any atom is -0.497 e. The molecule has 1 N–H and O–H groups in total. The third-order valence-electron chi connectivity index (χ3n) is 4.12. The maximum absolute atomic E-state index is 12.2. The molecule has 0 bridgehead atoms. The predicted octanol–water partition coefficient (Wildman–Crippen LogP) is 4.05. The normalized spacial score (nSPS) is 11.5. The van der Waals surface area contributed by atoms with Crippen LogP contribution < -0.4 is 19.5 Å². The van der Waals surface area contributed by atoms with Crippen LogP contribution in [0.25, 0.3) is 0 Å². The molecule has 1 amide bonds. The van der Waals surface area contributed by atoms with Gasteiger partial charge in [0.15, 0.2) is 0 Å². The van der Waals surface area contributed by atoms with E-state index in [9.17, 15) is 4.79 Å². The molecule has 140 valence electrons. The van der Waals surface area contributed by atoms with Crippen molar-refractivity contribution in [3.8, 4) is 17.2 Å². The molecule has 0 unspecified atom stereocenters. The summed E-state index contributed by atoms with van der Waals surface area (Å²) in [7, 11) is 3.23. The Kier molecular flexibility index (Phi) is 7.33. The SMILES string of the molecule is COc1ccc(OC)c([C@@H](C)NC(=O)CCCOc2ccc(C)cc2)c1. The van der Waals surface area contributed by atoms with Crippen molar-refractivity contribution in [1.82, 2.24) is 5.32 Å². The fraction of sp³-hybridized carbons (Fsp3) is 0.381. The molecular weight excluding hydrogens is 330 g/mol. The van der Waals surface area contributed by atoms with Gasteiger partial charge in [0.1, 0.15) is 17.2 Å². The van der Waals surface area contributed by atoms with Crippen molar-refractivity contribution in [2.45, 2.75) is 32.7 Å². The van der Waals surface area contributed by atoms with Crippen LogP contribution in [0.15, 0.2) is 42.5 Å². The van der Waals surface area contributed by atoms with E-state index in [1.807, 2.05) is 56.3 Å². The minimum atomic E-state index is -0.175. The van der Waals surface area contributed by atoms with Gasteiger partial charge in [0.05, 0.1) is 26.9 Å². The Balaban J connectivity index is 1.80. The van der Waals surface area contributed by atoms with Crippen LogP contribution in [0, 0.1) is 6.92 Å². The van der Waals surface area contributed by atoms with Crippen LogP contribution in [0.4, 0.5) is 0 Å². The van der Waals surface area contributed by atoms with Gasteiger partial charge in [-0.1, -0.05) is 17.7 Å². The highest BCUT2D eigenvalue weighted by Gasteiger charge is 2.15. The van der Waals surface area contributed by atoms with Gasteiger partial charge in [-0.25, -0.2) is 0 Å². The number of ether oxygens (including phenoxy) is 3. The van der Waals surface area contributed by atoms with Crippen molar-refractivity contribution in [3.63, 3.8) is 0 Å². The molecule has 2 aromatic carbocycles. The Bertz CT molecular complexity index is 712. The maximum Gasteiger partial charge on any atom is 0.220 e. The summed E-state index contributed by atoms with van der Waals surface area (Å²) in [4.78, 5) is 12.2. The Labute approximate surface area is 155 Å². The summed E-state index contributed by atoms with van der Waals surface area (Å²) >= 11 is 0. The molecule has 0 spiro atoms. The van der Waals surface area contributed by atoms with Crippen LogP contribution in [-0.4, -0.2) is 26.7 Å². The van der Waals surface area contributed by atoms with Crippen molar-refractivity contribution in [2.24, 2.45) is 0 Å². The zero-order chi connectivity index (χ0) is 18.9. The molecule has 26 heavy (non-hydrogen) atoms. The Hall–Kier alpha value is -2.69. The Morgan fingerprint density at radius 1 is 1.04 bits per heavy atom. The number of benzene rings is 2. The largest absolute Gasteiger partial charge is 0.497 e. The molecule has 0 aliphatic heterocycles. The average Bonchev–Trinajstić information content (AvgIpc) is 2.66. The summed E-state index contributed by atoms with van der Waals surface area (Å²) in [5.41, 5.74) is 2.08. The molecule has 0 heterocycles. The van der Waals surface area contributed by atoms with E-state index in [2.05, 4.69) is 5.32 Å². The number of hydrogen-bond donors (Lipinski definition) is 1. The second-order valence-corrected chi connectivity index (χ2v) is 6.16. The quantitative estimate of drug-likeness (QED) is 0.688. The van der Waals surface area contributed by atoms with Crippen LogP contribution in [0.5, 0.6) is 17.2 Å². The number of aryl methyl sites for hydroxylation is 1. The molecule has 0 saturated carbocycles. The fourth-order valence-electron chi connectivity index (χ4n) is 2.63. The van der Waals surface area contributed by atoms with E-state index in [1.165, 1.54) is 5.56 Å². The number of hydrogen-bond acceptors (Lipinski definition) is 4. The maximum atomic E-state index is 12.2. The average molecular weight is 357 g/mol. The van der Waals surface area contributed by atoms with E-state index >= 15 is 0 Å². The summed E-state index contributed by atoms with van der Waals surface area (Å²) in [5.74, 6) is 2.26. The van der Waals surface area contributed by atoms with Crippen molar-refractivity contribution in [1.29, 1.82) is 0 Å². The van der Waals surface area contributed by atoms with Crippen LogP contribution in [0.3, 0.4) is 0 Å². The molecule has 2 rings (SSSR count). The standard InChI is InChI=1S/C21H27NO4/c1-15-7-9-17(10-8-15)26-13-5-6-21(23)22-16(2)19-14-18(24-3)11-12-20(19)25-4/h7-12,14,16H,5-6,13H2,1-4H3,(H,22,23)/t16-/m1/s1. The van der Waals surface area contributed by atoms with Crippen LogP contribution in [0.1, 0.15) is 36.9 Å². The summed E-state index contributed by atoms with van der Waals surface area (Å²) < 4.78 is 16.3.